The van der Waals surface area contributed by atoms with Gasteiger partial charge in [0, 0.05) is 0 Å². The molecule has 0 heterocycles. The van der Waals surface area contributed by atoms with Gasteiger partial charge in [0.2, 0.25) is 0 Å². The minimum atomic E-state index is 0.0718. The molecule has 0 saturated carbocycles. The summed E-state index contributed by atoms with van der Waals surface area (Å²) >= 11 is 2.69. The molecule has 0 spiro atoms. The van der Waals surface area contributed by atoms with E-state index in [1.807, 2.05) is 12.1 Å². The molecule has 3 heteroatoms. The van der Waals surface area contributed by atoms with E-state index in [9.17, 15) is 10.2 Å². The van der Waals surface area contributed by atoms with Crippen LogP contribution in [0.5, 0.6) is 11.5 Å². The van der Waals surface area contributed by atoms with E-state index in [0.717, 1.165) is 5.92 Å². The van der Waals surface area contributed by atoms with E-state index in [1.165, 1.54) is 29.5 Å². The van der Waals surface area contributed by atoms with Gasteiger partial charge in [-0.15, -0.1) is 11.5 Å². The van der Waals surface area contributed by atoms with Crippen molar-refractivity contribution in [2.45, 2.75) is 19.1 Å². The van der Waals surface area contributed by atoms with Crippen LogP contribution in [0.25, 0.3) is 0 Å². The summed E-state index contributed by atoms with van der Waals surface area (Å²) in [5, 5.41) is 21.8. The number of para-hydroxylation sites is 2. The van der Waals surface area contributed by atoms with Gasteiger partial charge >= 0.3 is 41.3 Å². The van der Waals surface area contributed by atoms with Crippen LogP contribution in [0.2, 0.25) is 5.28 Å². The van der Waals surface area contributed by atoms with E-state index < -0.39 is 0 Å². The number of rotatable bonds is 1. The van der Waals surface area contributed by atoms with Gasteiger partial charge in [0.1, 0.15) is 0 Å². The molecule has 2 aromatic carbocycles. The van der Waals surface area contributed by atoms with Crippen LogP contribution in [-0.2, 0) is 0 Å². The van der Waals surface area contributed by atoms with Crippen molar-refractivity contribution in [2.24, 2.45) is 5.92 Å². The van der Waals surface area contributed by atoms with Crippen LogP contribution in [0.15, 0.2) is 60.7 Å². The molecule has 0 aromatic heterocycles. The van der Waals surface area contributed by atoms with Gasteiger partial charge in [-0.3, -0.25) is 0 Å². The van der Waals surface area contributed by atoms with Gasteiger partial charge in [-0.05, 0) is 0 Å². The minimum Gasteiger partial charge on any atom is -0.872 e. The smallest absolute Gasteiger partial charge is 0.0623 e. The van der Waals surface area contributed by atoms with E-state index in [2.05, 4.69) is 30.1 Å². The van der Waals surface area contributed by atoms with Crippen LogP contribution in [0.1, 0.15) is 13.8 Å². The first-order valence-corrected chi connectivity index (χ1v) is 7.02. The third kappa shape index (κ3) is 12.8. The molecule has 98 valence electrons. The van der Waals surface area contributed by atoms with E-state index >= 15 is 0 Å². The van der Waals surface area contributed by atoms with Gasteiger partial charge in [0.05, 0.1) is 0 Å². The average molecular weight is 270 g/mol. The first-order chi connectivity index (χ1) is 9.06. The Morgan fingerprint density at radius 1 is 0.789 bits per heavy atom. The first-order valence-electron chi connectivity index (χ1n) is 6.20. The molecule has 19 heavy (non-hydrogen) atoms. The van der Waals surface area contributed by atoms with Gasteiger partial charge < -0.3 is 10.2 Å². The number of hydrogen-bond donors (Lipinski definition) is 0. The van der Waals surface area contributed by atoms with Crippen molar-refractivity contribution in [1.82, 2.24) is 0 Å². The maximum atomic E-state index is 10.3. The average Bonchev–Trinajstić information content (AvgIpc) is 2.42. The van der Waals surface area contributed by atoms with Gasteiger partial charge in [-0.2, -0.15) is 0 Å². The maximum absolute atomic E-state index is 10.3. The molecule has 2 aromatic rings. The van der Waals surface area contributed by atoms with Crippen LogP contribution in [-0.4, -0.2) is 16.3 Å². The molecule has 0 aliphatic heterocycles. The second-order valence-corrected chi connectivity index (χ2v) is 4.73. The molecule has 0 atom stereocenters. The Hall–Kier alpha value is -1.43. The molecule has 0 radical (unpaired) electrons. The summed E-state index contributed by atoms with van der Waals surface area (Å²) in [7, 11) is 0. The predicted octanol–water partition coefficient (Wildman–Crippen LogP) is 2.75. The Balaban J connectivity index is 0.000000261. The summed E-state index contributed by atoms with van der Waals surface area (Å²) in [4.78, 5) is 0. The third-order valence-electron chi connectivity index (χ3n) is 1.96. The summed E-state index contributed by atoms with van der Waals surface area (Å²) in [5.41, 5.74) is 0. The molecule has 0 N–H and O–H groups in total. The van der Waals surface area contributed by atoms with Gasteiger partial charge in [0.15, 0.2) is 0 Å². The zero-order valence-electron chi connectivity index (χ0n) is 11.5. The van der Waals surface area contributed by atoms with Gasteiger partial charge in [0.25, 0.3) is 0 Å². The number of hydrogen-bond acceptors (Lipinski definition) is 2. The quantitative estimate of drug-likeness (QED) is 0.748. The summed E-state index contributed by atoms with van der Waals surface area (Å²) in [6.45, 7) is 4.40. The summed E-state index contributed by atoms with van der Waals surface area (Å²) in [5.74, 6) is 0.991. The Bertz CT molecular complexity index is 364. The second-order valence-electron chi connectivity index (χ2n) is 4.26. The monoisotopic (exact) mass is 270 g/mol. The van der Waals surface area contributed by atoms with Crippen molar-refractivity contribution in [3.8, 4) is 11.5 Å². The Morgan fingerprint density at radius 3 is 1.16 bits per heavy atom. The van der Waals surface area contributed by atoms with Crippen molar-refractivity contribution < 1.29 is 10.2 Å². The Morgan fingerprint density at radius 2 is 1.05 bits per heavy atom. The fourth-order valence-corrected chi connectivity index (χ4v) is 0.841. The van der Waals surface area contributed by atoms with Crippen molar-refractivity contribution in [2.75, 3.05) is 0 Å². The minimum absolute atomic E-state index is 0.0718. The maximum Gasteiger partial charge on any atom is -0.0623 e. The molecule has 0 fully saturated rings. The van der Waals surface area contributed by atoms with Crippen molar-refractivity contribution >= 4 is 16.3 Å². The molecule has 2 rings (SSSR count). The van der Waals surface area contributed by atoms with Gasteiger partial charge in [-0.1, -0.05) is 60.7 Å². The van der Waals surface area contributed by atoms with E-state index in [1.54, 1.807) is 24.3 Å². The molecule has 0 aliphatic rings. The fraction of sp³-hybridized carbons (Fsp3) is 0.250. The zero-order valence-corrected chi connectivity index (χ0v) is 12.6. The predicted molar refractivity (Wildman–Crippen MR) is 77.2 cm³/mol. The van der Waals surface area contributed by atoms with Crippen molar-refractivity contribution in [1.29, 1.82) is 0 Å². The topological polar surface area (TPSA) is 46.1 Å². The molecular weight excluding hydrogens is 251 g/mol. The second kappa shape index (κ2) is 11.7. The van der Waals surface area contributed by atoms with E-state index in [0.29, 0.717) is 0 Å². The summed E-state index contributed by atoms with van der Waals surface area (Å²) in [6.07, 6.45) is 0. The van der Waals surface area contributed by atoms with Gasteiger partial charge in [-0.25, -0.2) is 0 Å². The van der Waals surface area contributed by atoms with E-state index in [4.69, 9.17) is 0 Å². The normalized spacial score (nSPS) is 8.89. The molecule has 0 saturated heterocycles. The zero-order chi connectivity index (χ0) is 14.5. The molecule has 0 amide bonds. The summed E-state index contributed by atoms with van der Waals surface area (Å²) in [6, 6.07) is 16.7. The molecule has 0 unspecified atom stereocenters. The summed E-state index contributed by atoms with van der Waals surface area (Å²) < 4.78 is 0. The SMILES string of the molecule is CC(C)[CH2][Al+2].[O-]c1ccccc1.[O-]c1ccccc1. The van der Waals surface area contributed by atoms with Crippen LogP contribution >= 0.6 is 0 Å². The Kier molecular flexibility index (Phi) is 10.8. The fourth-order valence-electron chi connectivity index (χ4n) is 0.841. The standard InChI is InChI=1S/2C6H6O.C4H9.Al/c2*7-6-4-2-1-3-5-6;1-4(2)3;/h2*1-5,7H;4H,1H2,2-3H3;/q;;;+2/p-2. The Labute approximate surface area is 124 Å². The molecule has 0 aliphatic carbocycles. The molecular formula is C16H19AlO2. The van der Waals surface area contributed by atoms with Crippen LogP contribution in [0.3, 0.4) is 0 Å². The first kappa shape index (κ1) is 17.6. The van der Waals surface area contributed by atoms with Crippen LogP contribution in [0.4, 0.5) is 0 Å². The van der Waals surface area contributed by atoms with Crippen molar-refractivity contribution in [3.05, 3.63) is 60.7 Å². The van der Waals surface area contributed by atoms with Crippen LogP contribution in [0, 0.1) is 5.92 Å². The molecule has 0 bridgehead atoms. The third-order valence-corrected chi connectivity index (χ3v) is 2.90. The molecule has 2 nitrogen and oxygen atoms in total. The van der Waals surface area contributed by atoms with E-state index in [-0.39, 0.29) is 11.5 Å². The van der Waals surface area contributed by atoms with Crippen molar-refractivity contribution in [3.63, 3.8) is 0 Å². The largest absolute Gasteiger partial charge is 0.872 e. The number of benzene rings is 2. The van der Waals surface area contributed by atoms with Crippen LogP contribution < -0.4 is 10.2 Å².